The Morgan fingerprint density at radius 2 is 2.12 bits per heavy atom. The summed E-state index contributed by atoms with van der Waals surface area (Å²) in [6.07, 6.45) is 4.72. The van der Waals surface area contributed by atoms with Crippen LogP contribution in [0.3, 0.4) is 0 Å². The molecule has 1 amide bonds. The Balaban J connectivity index is 1.62. The van der Waals surface area contributed by atoms with Gasteiger partial charge in [0, 0.05) is 50.7 Å². The van der Waals surface area contributed by atoms with Crippen molar-refractivity contribution in [3.05, 3.63) is 21.4 Å². The molecule has 3 rings (SSSR count). The van der Waals surface area contributed by atoms with Gasteiger partial charge in [-0.05, 0) is 50.3 Å². The second-order valence-corrected chi connectivity index (χ2v) is 8.57. The molecule has 1 aliphatic heterocycles. The van der Waals surface area contributed by atoms with Crippen LogP contribution in [0.25, 0.3) is 0 Å². The minimum absolute atomic E-state index is 0.146. The molecular weight excluding hydrogens is 336 g/mol. The summed E-state index contributed by atoms with van der Waals surface area (Å²) in [5.74, 6) is 0.647. The average molecular weight is 367 g/mol. The predicted molar refractivity (Wildman–Crippen MR) is 100 cm³/mol. The molecule has 0 bridgehead atoms. The van der Waals surface area contributed by atoms with Crippen molar-refractivity contribution in [3.8, 4) is 0 Å². The minimum atomic E-state index is 0.146. The highest BCUT2D eigenvalue weighted by atomic mass is 32.1. The monoisotopic (exact) mass is 366 g/mol. The lowest BCUT2D eigenvalue weighted by atomic mass is 9.96. The molecule has 2 aliphatic rings. The molecule has 1 aromatic rings. The number of fused-ring (bicyclic) bond motifs is 1. The fraction of sp³-hybridized carbons (Fsp3) is 0.737. The van der Waals surface area contributed by atoms with E-state index in [1.165, 1.54) is 23.3 Å². The third-order valence-electron chi connectivity index (χ3n) is 5.53. The lowest BCUT2D eigenvalue weighted by Crippen LogP contribution is -2.33. The van der Waals surface area contributed by atoms with Crippen LogP contribution in [-0.2, 0) is 17.6 Å². The Hall–Kier alpha value is -0.950. The predicted octanol–water partition coefficient (Wildman–Crippen LogP) is 1.89. The third-order valence-corrected chi connectivity index (χ3v) is 6.75. The fourth-order valence-corrected chi connectivity index (χ4v) is 5.23. The number of likely N-dealkylation sites (tertiary alicyclic amines) is 1. The van der Waals surface area contributed by atoms with Crippen molar-refractivity contribution < 1.29 is 14.6 Å². The van der Waals surface area contributed by atoms with Crippen molar-refractivity contribution >= 4 is 17.2 Å². The number of carbonyl (C=O) groups excluding carboxylic acids is 1. The summed E-state index contributed by atoms with van der Waals surface area (Å²) in [6.45, 7) is 4.02. The molecule has 1 saturated heterocycles. The molecule has 2 heterocycles. The highest BCUT2D eigenvalue weighted by Crippen LogP contribution is 2.32. The molecule has 1 aromatic heterocycles. The lowest BCUT2D eigenvalue weighted by molar-refractivity contribution is 0.0783. The van der Waals surface area contributed by atoms with Gasteiger partial charge in [-0.1, -0.05) is 0 Å². The molecule has 0 saturated carbocycles. The van der Waals surface area contributed by atoms with Crippen molar-refractivity contribution in [2.45, 2.75) is 25.7 Å². The number of aliphatic hydroxyl groups excluding tert-OH is 1. The topological polar surface area (TPSA) is 53.0 Å². The molecule has 6 heteroatoms. The standard InChI is InChI=1S/C19H30N2O3S/c1-20(7-8-24-2)10-15-11-21(12-16(15)13-22)19(23)18-9-14-5-3-4-6-17(14)25-18/h9,15-16,22H,3-8,10-13H2,1-2H3/t15-,16-/m1/s1. The number of amides is 1. The SMILES string of the molecule is COCCN(C)C[C@@H]1CN(C(=O)c2cc3c(s2)CCCC3)C[C@@H]1CO. The molecule has 140 valence electrons. The zero-order valence-corrected chi connectivity index (χ0v) is 16.2. The van der Waals surface area contributed by atoms with Gasteiger partial charge in [-0.25, -0.2) is 0 Å². The minimum Gasteiger partial charge on any atom is -0.396 e. The van der Waals surface area contributed by atoms with E-state index in [1.807, 2.05) is 4.90 Å². The number of aliphatic hydroxyl groups is 1. The van der Waals surface area contributed by atoms with Gasteiger partial charge in [-0.2, -0.15) is 0 Å². The quantitative estimate of drug-likeness (QED) is 0.801. The summed E-state index contributed by atoms with van der Waals surface area (Å²) >= 11 is 1.68. The number of ether oxygens (including phenoxy) is 1. The Morgan fingerprint density at radius 1 is 1.36 bits per heavy atom. The first-order chi connectivity index (χ1) is 12.1. The summed E-state index contributed by atoms with van der Waals surface area (Å²) in [4.78, 5) is 19.4. The summed E-state index contributed by atoms with van der Waals surface area (Å²) in [7, 11) is 3.78. The zero-order chi connectivity index (χ0) is 17.8. The molecule has 0 radical (unpaired) electrons. The van der Waals surface area contributed by atoms with Gasteiger partial charge in [-0.15, -0.1) is 11.3 Å². The molecule has 5 nitrogen and oxygen atoms in total. The van der Waals surface area contributed by atoms with Crippen molar-refractivity contribution in [3.63, 3.8) is 0 Å². The van der Waals surface area contributed by atoms with Gasteiger partial charge in [0.2, 0.25) is 0 Å². The number of rotatable bonds is 7. The highest BCUT2D eigenvalue weighted by molar-refractivity contribution is 7.14. The largest absolute Gasteiger partial charge is 0.396 e. The zero-order valence-electron chi connectivity index (χ0n) is 15.4. The number of aryl methyl sites for hydroxylation is 2. The summed E-state index contributed by atoms with van der Waals surface area (Å²) in [5.41, 5.74) is 1.38. The van der Waals surface area contributed by atoms with E-state index in [1.54, 1.807) is 18.4 Å². The Kier molecular flexibility index (Phi) is 6.49. The van der Waals surface area contributed by atoms with E-state index in [9.17, 15) is 9.90 Å². The van der Waals surface area contributed by atoms with E-state index in [0.717, 1.165) is 37.4 Å². The normalized spacial score (nSPS) is 23.3. The summed E-state index contributed by atoms with van der Waals surface area (Å²) in [5, 5.41) is 9.75. The van der Waals surface area contributed by atoms with E-state index >= 15 is 0 Å². The Labute approximate surface area is 154 Å². The molecule has 25 heavy (non-hydrogen) atoms. The first kappa shape index (κ1) is 18.8. The van der Waals surface area contributed by atoms with Crippen LogP contribution in [0.1, 0.15) is 33.0 Å². The van der Waals surface area contributed by atoms with Crippen LogP contribution in [0.2, 0.25) is 0 Å². The van der Waals surface area contributed by atoms with E-state index in [4.69, 9.17) is 4.74 Å². The molecule has 2 atom stereocenters. The van der Waals surface area contributed by atoms with Crippen LogP contribution >= 0.6 is 11.3 Å². The molecular formula is C19H30N2O3S. The fourth-order valence-electron chi connectivity index (χ4n) is 4.01. The van der Waals surface area contributed by atoms with E-state index in [2.05, 4.69) is 18.0 Å². The highest BCUT2D eigenvalue weighted by Gasteiger charge is 2.36. The van der Waals surface area contributed by atoms with Gasteiger partial charge in [0.25, 0.3) is 5.91 Å². The number of hydrogen-bond acceptors (Lipinski definition) is 5. The summed E-state index contributed by atoms with van der Waals surface area (Å²) in [6, 6.07) is 2.12. The molecule has 1 N–H and O–H groups in total. The third kappa shape index (κ3) is 4.42. The van der Waals surface area contributed by atoms with E-state index < -0.39 is 0 Å². The number of methoxy groups -OCH3 is 1. The Bertz CT molecular complexity index is 566. The maximum absolute atomic E-state index is 13.0. The molecule has 1 aliphatic carbocycles. The number of hydrogen-bond donors (Lipinski definition) is 1. The smallest absolute Gasteiger partial charge is 0.263 e. The van der Waals surface area contributed by atoms with Gasteiger partial charge in [-0.3, -0.25) is 4.79 Å². The number of nitrogens with zero attached hydrogens (tertiary/aromatic N) is 2. The maximum Gasteiger partial charge on any atom is 0.263 e. The van der Waals surface area contributed by atoms with Gasteiger partial charge < -0.3 is 19.6 Å². The Morgan fingerprint density at radius 3 is 2.84 bits per heavy atom. The van der Waals surface area contributed by atoms with Crippen molar-refractivity contribution in [1.29, 1.82) is 0 Å². The first-order valence-corrected chi connectivity index (χ1v) is 10.1. The van der Waals surface area contributed by atoms with E-state index in [0.29, 0.717) is 19.1 Å². The lowest BCUT2D eigenvalue weighted by Gasteiger charge is -2.23. The van der Waals surface area contributed by atoms with Gasteiger partial charge in [0.05, 0.1) is 11.5 Å². The maximum atomic E-state index is 13.0. The van der Waals surface area contributed by atoms with Gasteiger partial charge >= 0.3 is 0 Å². The number of carbonyl (C=O) groups is 1. The van der Waals surface area contributed by atoms with Crippen molar-refractivity contribution in [2.24, 2.45) is 11.8 Å². The van der Waals surface area contributed by atoms with Gasteiger partial charge in [0.1, 0.15) is 0 Å². The van der Waals surface area contributed by atoms with Crippen LogP contribution in [-0.4, -0.2) is 74.4 Å². The number of likely N-dealkylation sites (N-methyl/N-ethyl adjacent to an activating group) is 1. The van der Waals surface area contributed by atoms with Crippen LogP contribution in [0, 0.1) is 11.8 Å². The van der Waals surface area contributed by atoms with Gasteiger partial charge in [0.15, 0.2) is 0 Å². The second kappa shape index (κ2) is 8.62. The van der Waals surface area contributed by atoms with Crippen LogP contribution < -0.4 is 0 Å². The van der Waals surface area contributed by atoms with Crippen LogP contribution in [0.5, 0.6) is 0 Å². The first-order valence-electron chi connectivity index (χ1n) is 9.31. The molecule has 0 aromatic carbocycles. The molecule has 0 spiro atoms. The van der Waals surface area contributed by atoms with Crippen molar-refractivity contribution in [2.75, 3.05) is 53.6 Å². The van der Waals surface area contributed by atoms with Crippen LogP contribution in [0.4, 0.5) is 0 Å². The average Bonchev–Trinajstić information content (AvgIpc) is 3.23. The molecule has 1 fully saturated rings. The van der Waals surface area contributed by atoms with Crippen molar-refractivity contribution in [1.82, 2.24) is 9.80 Å². The number of thiophene rings is 1. The van der Waals surface area contributed by atoms with E-state index in [-0.39, 0.29) is 18.4 Å². The summed E-state index contributed by atoms with van der Waals surface area (Å²) < 4.78 is 5.13. The molecule has 0 unspecified atom stereocenters. The van der Waals surface area contributed by atoms with Crippen LogP contribution in [0.15, 0.2) is 6.07 Å². The second-order valence-electron chi connectivity index (χ2n) is 7.43.